The highest BCUT2D eigenvalue weighted by molar-refractivity contribution is 14.0. The summed E-state index contributed by atoms with van der Waals surface area (Å²) in [6, 6.07) is 18.8. The van der Waals surface area contributed by atoms with Gasteiger partial charge in [0.15, 0.2) is 5.96 Å². The number of nitrogens with zero attached hydrogens (tertiary/aromatic N) is 3. The number of H-pyrrole nitrogens is 1. The molecule has 31 heavy (non-hydrogen) atoms. The zero-order valence-electron chi connectivity index (χ0n) is 17.7. The predicted octanol–water partition coefficient (Wildman–Crippen LogP) is 4.31. The van der Waals surface area contributed by atoms with Gasteiger partial charge in [0.2, 0.25) is 0 Å². The van der Waals surface area contributed by atoms with Gasteiger partial charge in [0.25, 0.3) is 0 Å². The van der Waals surface area contributed by atoms with E-state index in [9.17, 15) is 0 Å². The molecule has 4 aromatic rings. The number of hydrogen-bond acceptors (Lipinski definition) is 2. The number of aromatic amines is 1. The van der Waals surface area contributed by atoms with Gasteiger partial charge < -0.3 is 15.6 Å². The van der Waals surface area contributed by atoms with Gasteiger partial charge in [0.05, 0.1) is 5.69 Å². The number of nitrogens with one attached hydrogen (secondary N) is 3. The van der Waals surface area contributed by atoms with E-state index >= 15 is 0 Å². The summed E-state index contributed by atoms with van der Waals surface area (Å²) in [5.74, 6) is 0.866. The fraction of sp³-hybridized carbons (Fsp3) is 0.250. The Kier molecular flexibility index (Phi) is 8.52. The Labute approximate surface area is 200 Å². The lowest BCUT2D eigenvalue weighted by atomic mass is 10.1. The van der Waals surface area contributed by atoms with E-state index in [1.165, 1.54) is 22.0 Å². The smallest absolute Gasteiger partial charge is 0.191 e. The van der Waals surface area contributed by atoms with Crippen LogP contribution in [0.2, 0.25) is 0 Å². The van der Waals surface area contributed by atoms with Crippen molar-refractivity contribution < 1.29 is 0 Å². The summed E-state index contributed by atoms with van der Waals surface area (Å²) < 4.78 is 1.87. The Morgan fingerprint density at radius 2 is 1.87 bits per heavy atom. The number of para-hydroxylation sites is 1. The van der Waals surface area contributed by atoms with Crippen LogP contribution in [-0.2, 0) is 12.8 Å². The van der Waals surface area contributed by atoms with Crippen molar-refractivity contribution in [3.05, 3.63) is 84.3 Å². The maximum absolute atomic E-state index is 4.74. The molecule has 7 heteroatoms. The Bertz CT molecular complexity index is 1080. The number of aromatic nitrogens is 3. The molecule has 4 rings (SSSR count). The van der Waals surface area contributed by atoms with Crippen molar-refractivity contribution in [3.63, 3.8) is 0 Å². The minimum absolute atomic E-state index is 0. The highest BCUT2D eigenvalue weighted by Crippen LogP contribution is 2.18. The van der Waals surface area contributed by atoms with Gasteiger partial charge in [-0.3, -0.25) is 4.99 Å². The first-order valence-electron chi connectivity index (χ1n) is 10.5. The van der Waals surface area contributed by atoms with E-state index in [-0.39, 0.29) is 24.0 Å². The molecular weight excluding hydrogens is 499 g/mol. The van der Waals surface area contributed by atoms with Crippen molar-refractivity contribution >= 4 is 40.8 Å². The van der Waals surface area contributed by atoms with Crippen LogP contribution >= 0.6 is 24.0 Å². The number of halogens is 1. The molecule has 0 atom stereocenters. The van der Waals surface area contributed by atoms with E-state index in [1.54, 1.807) is 6.20 Å². The topological polar surface area (TPSA) is 70.0 Å². The van der Waals surface area contributed by atoms with Crippen molar-refractivity contribution in [2.45, 2.75) is 19.8 Å². The van der Waals surface area contributed by atoms with Gasteiger partial charge in [-0.2, -0.15) is 5.10 Å². The van der Waals surface area contributed by atoms with Crippen LogP contribution < -0.4 is 10.6 Å². The maximum Gasteiger partial charge on any atom is 0.191 e. The second kappa shape index (κ2) is 11.5. The van der Waals surface area contributed by atoms with Crippen molar-refractivity contribution in [1.82, 2.24) is 25.4 Å². The molecule has 0 bridgehead atoms. The van der Waals surface area contributed by atoms with E-state index < -0.39 is 0 Å². The Morgan fingerprint density at radius 3 is 2.65 bits per heavy atom. The van der Waals surface area contributed by atoms with Gasteiger partial charge in [0, 0.05) is 49.1 Å². The zero-order chi connectivity index (χ0) is 20.6. The summed E-state index contributed by atoms with van der Waals surface area (Å²) >= 11 is 0. The quantitative estimate of drug-likeness (QED) is 0.181. The number of guanidine groups is 1. The zero-order valence-corrected chi connectivity index (χ0v) is 20.0. The average Bonchev–Trinajstić information content (AvgIpc) is 3.45. The summed E-state index contributed by atoms with van der Waals surface area (Å²) in [6.45, 7) is 4.51. The molecule has 3 N–H and O–H groups in total. The molecular formula is C24H29IN6. The number of hydrogen-bond donors (Lipinski definition) is 3. The van der Waals surface area contributed by atoms with Gasteiger partial charge >= 0.3 is 0 Å². The molecule has 2 aromatic carbocycles. The fourth-order valence-electron chi connectivity index (χ4n) is 3.53. The van der Waals surface area contributed by atoms with Crippen LogP contribution in [0.1, 0.15) is 18.1 Å². The highest BCUT2D eigenvalue weighted by atomic mass is 127. The highest BCUT2D eigenvalue weighted by Gasteiger charge is 2.03. The molecule has 0 fully saturated rings. The maximum atomic E-state index is 4.74. The molecule has 0 aliphatic heterocycles. The van der Waals surface area contributed by atoms with Gasteiger partial charge in [-0.05, 0) is 55.2 Å². The summed E-state index contributed by atoms with van der Waals surface area (Å²) in [4.78, 5) is 8.07. The first-order chi connectivity index (χ1) is 14.8. The van der Waals surface area contributed by atoms with Crippen molar-refractivity contribution in [3.8, 4) is 5.69 Å². The van der Waals surface area contributed by atoms with Gasteiger partial charge in [-0.25, -0.2) is 4.68 Å². The lowest BCUT2D eigenvalue weighted by Gasteiger charge is -2.11. The first kappa shape index (κ1) is 22.9. The summed E-state index contributed by atoms with van der Waals surface area (Å²) in [6.07, 6.45) is 7.68. The molecule has 6 nitrogen and oxygen atoms in total. The minimum atomic E-state index is 0. The molecule has 0 spiro atoms. The van der Waals surface area contributed by atoms with Crippen LogP contribution in [0.15, 0.2) is 78.2 Å². The molecule has 162 valence electrons. The third-order valence-corrected chi connectivity index (χ3v) is 5.08. The van der Waals surface area contributed by atoms with Crippen LogP contribution in [0.3, 0.4) is 0 Å². The van der Waals surface area contributed by atoms with Crippen LogP contribution in [0.4, 0.5) is 0 Å². The normalized spacial score (nSPS) is 11.3. The van der Waals surface area contributed by atoms with E-state index in [2.05, 4.69) is 82.4 Å². The predicted molar refractivity (Wildman–Crippen MR) is 139 cm³/mol. The SMILES string of the molecule is CCNC(=NCCc1c[nH]c2ccccc12)NCCc1ccc(-n2cccn2)cc1.I. The van der Waals surface area contributed by atoms with Crippen molar-refractivity contribution in [2.24, 2.45) is 4.99 Å². The minimum Gasteiger partial charge on any atom is -0.361 e. The van der Waals surface area contributed by atoms with Crippen LogP contribution in [0.25, 0.3) is 16.6 Å². The van der Waals surface area contributed by atoms with Crippen LogP contribution in [0, 0.1) is 0 Å². The number of fused-ring (bicyclic) bond motifs is 1. The third-order valence-electron chi connectivity index (χ3n) is 5.08. The first-order valence-corrected chi connectivity index (χ1v) is 10.5. The molecule has 2 aromatic heterocycles. The molecule has 2 heterocycles. The molecule has 0 saturated carbocycles. The lowest BCUT2D eigenvalue weighted by molar-refractivity contribution is 0.796. The molecule has 0 radical (unpaired) electrons. The van der Waals surface area contributed by atoms with E-state index in [4.69, 9.17) is 4.99 Å². The number of rotatable bonds is 8. The monoisotopic (exact) mass is 528 g/mol. The second-order valence-corrected chi connectivity index (χ2v) is 7.16. The van der Waals surface area contributed by atoms with Crippen molar-refractivity contribution in [2.75, 3.05) is 19.6 Å². The second-order valence-electron chi connectivity index (χ2n) is 7.16. The number of aliphatic imine (C=N–C) groups is 1. The van der Waals surface area contributed by atoms with Gasteiger partial charge in [-0.15, -0.1) is 24.0 Å². The van der Waals surface area contributed by atoms with E-state index in [0.29, 0.717) is 0 Å². The van der Waals surface area contributed by atoms with Gasteiger partial charge in [0.1, 0.15) is 0 Å². The largest absolute Gasteiger partial charge is 0.361 e. The summed E-state index contributed by atoms with van der Waals surface area (Å²) in [7, 11) is 0. The summed E-state index contributed by atoms with van der Waals surface area (Å²) in [5, 5.41) is 12.3. The Hall–Kier alpha value is -2.81. The standard InChI is InChI=1S/C24H28N6.HI/c1-2-25-24(27-16-13-20-18-28-23-7-4-3-6-22(20)23)26-15-12-19-8-10-21(11-9-19)30-17-5-14-29-30;/h3-11,14,17-18,28H,2,12-13,15-16H2,1H3,(H2,25,26,27);1H. The third kappa shape index (κ3) is 6.10. The van der Waals surface area contributed by atoms with E-state index in [1.807, 2.05) is 16.9 Å². The van der Waals surface area contributed by atoms with Crippen LogP contribution in [-0.4, -0.2) is 40.4 Å². The fourth-order valence-corrected chi connectivity index (χ4v) is 3.53. The molecule has 0 unspecified atom stereocenters. The van der Waals surface area contributed by atoms with Gasteiger partial charge in [-0.1, -0.05) is 30.3 Å². The molecule has 0 saturated heterocycles. The molecule has 0 aliphatic rings. The number of benzene rings is 2. The van der Waals surface area contributed by atoms with E-state index in [0.717, 1.165) is 44.1 Å². The Balaban J connectivity index is 0.00000272. The molecule has 0 amide bonds. The summed E-state index contributed by atoms with van der Waals surface area (Å²) in [5.41, 5.74) is 4.85. The Morgan fingerprint density at radius 1 is 1.03 bits per heavy atom. The van der Waals surface area contributed by atoms with Crippen LogP contribution in [0.5, 0.6) is 0 Å². The lowest BCUT2D eigenvalue weighted by Crippen LogP contribution is -2.38. The van der Waals surface area contributed by atoms with Crippen molar-refractivity contribution in [1.29, 1.82) is 0 Å². The average molecular weight is 528 g/mol. The molecule has 0 aliphatic carbocycles.